The van der Waals surface area contributed by atoms with Crippen molar-refractivity contribution < 1.29 is 9.47 Å². The molecule has 14 heavy (non-hydrogen) atoms. The van der Waals surface area contributed by atoms with Gasteiger partial charge < -0.3 is 19.4 Å². The number of aromatic amines is 2. The Morgan fingerprint density at radius 1 is 1.14 bits per heavy atom. The van der Waals surface area contributed by atoms with E-state index in [1.54, 1.807) is 12.1 Å². The average Bonchev–Trinajstić information content (AvgIpc) is 2.59. The summed E-state index contributed by atoms with van der Waals surface area (Å²) in [5.41, 5.74) is 1.18. The molecule has 2 aromatic rings. The molecule has 1 aromatic carbocycles. The lowest BCUT2D eigenvalue weighted by Crippen LogP contribution is -2.15. The highest BCUT2D eigenvalue weighted by molar-refractivity contribution is 5.84. The first-order valence-corrected chi connectivity index (χ1v) is 4.35. The van der Waals surface area contributed by atoms with Crippen molar-refractivity contribution in [3.05, 3.63) is 22.6 Å². The van der Waals surface area contributed by atoms with Crippen LogP contribution < -0.4 is 15.2 Å². The molecule has 1 aliphatic rings. The maximum Gasteiger partial charge on any atom is 0.323 e. The Balaban J connectivity index is 2.39. The third-order valence-corrected chi connectivity index (χ3v) is 2.20. The second kappa shape index (κ2) is 2.54. The minimum atomic E-state index is -0.234. The third-order valence-electron chi connectivity index (χ3n) is 2.20. The molecule has 2 N–H and O–H groups in total. The van der Waals surface area contributed by atoms with E-state index < -0.39 is 0 Å². The summed E-state index contributed by atoms with van der Waals surface area (Å²) < 4.78 is 10.8. The van der Waals surface area contributed by atoms with Gasteiger partial charge in [-0.1, -0.05) is 0 Å². The monoisotopic (exact) mass is 192 g/mol. The van der Waals surface area contributed by atoms with E-state index >= 15 is 0 Å². The normalized spacial score (nSPS) is 14.6. The molecular formula is C9H8N2O3. The Kier molecular flexibility index (Phi) is 1.36. The number of ether oxygens (including phenoxy) is 2. The summed E-state index contributed by atoms with van der Waals surface area (Å²) in [6.45, 7) is 1.06. The van der Waals surface area contributed by atoms with E-state index in [9.17, 15) is 4.79 Å². The summed E-state index contributed by atoms with van der Waals surface area (Å²) in [5.74, 6) is 1.30. The second-order valence-corrected chi connectivity index (χ2v) is 3.09. The van der Waals surface area contributed by atoms with Gasteiger partial charge in [0.15, 0.2) is 11.5 Å². The molecule has 0 saturated carbocycles. The second-order valence-electron chi connectivity index (χ2n) is 3.09. The molecular weight excluding hydrogens is 184 g/mol. The highest BCUT2D eigenvalue weighted by atomic mass is 16.6. The molecule has 0 aliphatic carbocycles. The molecule has 0 spiro atoms. The number of nitrogens with one attached hydrogen (secondary N) is 2. The molecule has 2 heterocycles. The molecule has 72 valence electrons. The minimum Gasteiger partial charge on any atom is -0.486 e. The van der Waals surface area contributed by atoms with Gasteiger partial charge in [0.05, 0.1) is 5.52 Å². The number of H-pyrrole nitrogens is 2. The van der Waals surface area contributed by atoms with Crippen molar-refractivity contribution >= 4 is 11.0 Å². The fraction of sp³-hybridized carbons (Fsp3) is 0.222. The van der Waals surface area contributed by atoms with E-state index in [1.807, 2.05) is 0 Å². The van der Waals surface area contributed by atoms with Crippen molar-refractivity contribution in [1.29, 1.82) is 0 Å². The standard InChI is InChI=1S/C9H8N2O3/c12-9-10-5-1-2-6-8(7(5)11-9)14-4-3-13-6/h1-2H,3-4H2,(H2,10,11,12). The van der Waals surface area contributed by atoms with Gasteiger partial charge in [-0.25, -0.2) is 4.79 Å². The zero-order chi connectivity index (χ0) is 9.54. The van der Waals surface area contributed by atoms with E-state index in [1.165, 1.54) is 0 Å². The van der Waals surface area contributed by atoms with Gasteiger partial charge in [-0.05, 0) is 12.1 Å². The van der Waals surface area contributed by atoms with Crippen LogP contribution in [0.5, 0.6) is 11.5 Å². The zero-order valence-corrected chi connectivity index (χ0v) is 7.29. The first kappa shape index (κ1) is 7.49. The Morgan fingerprint density at radius 3 is 2.93 bits per heavy atom. The fourth-order valence-electron chi connectivity index (χ4n) is 1.61. The summed E-state index contributed by atoms with van der Waals surface area (Å²) in [6, 6.07) is 3.58. The smallest absolute Gasteiger partial charge is 0.323 e. The molecule has 0 unspecified atom stereocenters. The maximum absolute atomic E-state index is 11.1. The van der Waals surface area contributed by atoms with Crippen LogP contribution >= 0.6 is 0 Å². The first-order valence-electron chi connectivity index (χ1n) is 4.35. The zero-order valence-electron chi connectivity index (χ0n) is 7.29. The predicted molar refractivity (Wildman–Crippen MR) is 49.9 cm³/mol. The van der Waals surface area contributed by atoms with Gasteiger partial charge in [0, 0.05) is 0 Å². The molecule has 1 aliphatic heterocycles. The number of benzene rings is 1. The minimum absolute atomic E-state index is 0.234. The SMILES string of the molecule is O=c1[nH]c2ccc3c(c2[nH]1)OCCO3. The highest BCUT2D eigenvalue weighted by Gasteiger charge is 2.16. The average molecular weight is 192 g/mol. The van der Waals surface area contributed by atoms with Crippen molar-refractivity contribution in [2.75, 3.05) is 13.2 Å². The number of imidazole rings is 1. The van der Waals surface area contributed by atoms with Crippen molar-refractivity contribution in [3.8, 4) is 11.5 Å². The van der Waals surface area contributed by atoms with Crippen LogP contribution in [-0.2, 0) is 0 Å². The van der Waals surface area contributed by atoms with Crippen molar-refractivity contribution in [3.63, 3.8) is 0 Å². The van der Waals surface area contributed by atoms with Crippen LogP contribution in [0.3, 0.4) is 0 Å². The Labute approximate surface area is 78.7 Å². The quantitative estimate of drug-likeness (QED) is 0.643. The van der Waals surface area contributed by atoms with Crippen molar-refractivity contribution in [2.45, 2.75) is 0 Å². The molecule has 1 aromatic heterocycles. The van der Waals surface area contributed by atoms with Gasteiger partial charge in [0.2, 0.25) is 0 Å². The molecule has 0 bridgehead atoms. The first-order chi connectivity index (χ1) is 6.84. The molecule has 5 nitrogen and oxygen atoms in total. The van der Waals surface area contributed by atoms with Crippen LogP contribution in [0.1, 0.15) is 0 Å². The Morgan fingerprint density at radius 2 is 2.00 bits per heavy atom. The Hall–Kier alpha value is -1.91. The number of hydrogen-bond donors (Lipinski definition) is 2. The van der Waals surface area contributed by atoms with Crippen LogP contribution in [0, 0.1) is 0 Å². The molecule has 5 heteroatoms. The fourth-order valence-corrected chi connectivity index (χ4v) is 1.61. The van der Waals surface area contributed by atoms with Crippen LogP contribution in [0.15, 0.2) is 16.9 Å². The number of rotatable bonds is 0. The predicted octanol–water partition coefficient (Wildman–Crippen LogP) is 0.627. The topological polar surface area (TPSA) is 67.1 Å². The van der Waals surface area contributed by atoms with E-state index in [2.05, 4.69) is 9.97 Å². The van der Waals surface area contributed by atoms with E-state index in [-0.39, 0.29) is 5.69 Å². The van der Waals surface area contributed by atoms with Crippen LogP contribution in [0.2, 0.25) is 0 Å². The van der Waals surface area contributed by atoms with Gasteiger partial charge in [-0.15, -0.1) is 0 Å². The summed E-state index contributed by atoms with van der Waals surface area (Å²) in [7, 11) is 0. The summed E-state index contributed by atoms with van der Waals surface area (Å²) in [5, 5.41) is 0. The largest absolute Gasteiger partial charge is 0.486 e. The molecule has 0 fully saturated rings. The summed E-state index contributed by atoms with van der Waals surface area (Å²) in [6.07, 6.45) is 0. The van der Waals surface area contributed by atoms with Crippen LogP contribution in [0.4, 0.5) is 0 Å². The third kappa shape index (κ3) is 0.921. The summed E-state index contributed by atoms with van der Waals surface area (Å²) in [4.78, 5) is 16.4. The van der Waals surface area contributed by atoms with Gasteiger partial charge in [0.25, 0.3) is 0 Å². The summed E-state index contributed by atoms with van der Waals surface area (Å²) >= 11 is 0. The van der Waals surface area contributed by atoms with E-state index in [0.29, 0.717) is 30.2 Å². The van der Waals surface area contributed by atoms with Gasteiger partial charge in [-0.3, -0.25) is 0 Å². The molecule has 0 atom stereocenters. The lowest BCUT2D eigenvalue weighted by molar-refractivity contribution is 0.173. The van der Waals surface area contributed by atoms with Crippen LogP contribution in [0.25, 0.3) is 11.0 Å². The number of hydrogen-bond acceptors (Lipinski definition) is 3. The van der Waals surface area contributed by atoms with Gasteiger partial charge >= 0.3 is 5.69 Å². The van der Waals surface area contributed by atoms with Gasteiger partial charge in [0.1, 0.15) is 18.7 Å². The van der Waals surface area contributed by atoms with E-state index in [4.69, 9.17) is 9.47 Å². The molecule has 0 saturated heterocycles. The lowest BCUT2D eigenvalue weighted by atomic mass is 10.2. The Bertz CT molecular complexity index is 540. The lowest BCUT2D eigenvalue weighted by Gasteiger charge is -2.18. The number of aromatic nitrogens is 2. The van der Waals surface area contributed by atoms with Crippen molar-refractivity contribution in [1.82, 2.24) is 9.97 Å². The van der Waals surface area contributed by atoms with E-state index in [0.717, 1.165) is 5.52 Å². The van der Waals surface area contributed by atoms with Gasteiger partial charge in [-0.2, -0.15) is 0 Å². The number of fused-ring (bicyclic) bond motifs is 3. The van der Waals surface area contributed by atoms with Crippen molar-refractivity contribution in [2.24, 2.45) is 0 Å². The molecule has 0 radical (unpaired) electrons. The highest BCUT2D eigenvalue weighted by Crippen LogP contribution is 2.35. The maximum atomic E-state index is 11.1. The van der Waals surface area contributed by atoms with Crippen LogP contribution in [-0.4, -0.2) is 23.2 Å². The molecule has 0 amide bonds. The molecule has 3 rings (SSSR count).